The first-order chi connectivity index (χ1) is 5.56. The van der Waals surface area contributed by atoms with Gasteiger partial charge in [0, 0.05) is 0 Å². The molecule has 0 rings (SSSR count). The summed E-state index contributed by atoms with van der Waals surface area (Å²) in [6, 6.07) is 0. The van der Waals surface area contributed by atoms with Crippen LogP contribution in [0.15, 0.2) is 0 Å². The lowest BCUT2D eigenvalue weighted by Crippen LogP contribution is -2.20. The molecule has 0 spiro atoms. The van der Waals surface area contributed by atoms with E-state index in [9.17, 15) is 14.4 Å². The molecule has 6 N–H and O–H groups in total. The van der Waals surface area contributed by atoms with Crippen molar-refractivity contribution in [1.29, 1.82) is 0 Å². The Hall–Kier alpha value is -1.47. The molecule has 76 valence electrons. The van der Waals surface area contributed by atoms with Crippen molar-refractivity contribution in [3.05, 3.63) is 0 Å². The number of carboxylic acid groups (broad SMARTS) is 1. The number of hydrogen-bond donors (Lipinski definition) is 3. The maximum Gasteiger partial charge on any atom is 0.327 e. The molecule has 0 atom stereocenters. The highest BCUT2D eigenvalue weighted by Crippen LogP contribution is 1.92. The molecule has 0 amide bonds. The van der Waals surface area contributed by atoms with Crippen molar-refractivity contribution in [3.8, 4) is 0 Å². The molecule has 0 aromatic heterocycles. The summed E-state index contributed by atoms with van der Waals surface area (Å²) in [4.78, 5) is 30.8. The van der Waals surface area contributed by atoms with Gasteiger partial charge in [0.05, 0.1) is 19.4 Å². The van der Waals surface area contributed by atoms with Crippen LogP contribution in [0.5, 0.6) is 0 Å². The van der Waals surface area contributed by atoms with Gasteiger partial charge in [-0.2, -0.15) is 0 Å². The summed E-state index contributed by atoms with van der Waals surface area (Å²) in [5.74, 6) is -2.84. The second-order valence-corrected chi connectivity index (χ2v) is 1.94. The van der Waals surface area contributed by atoms with E-state index in [1.54, 1.807) is 0 Å². The van der Waals surface area contributed by atoms with Crippen LogP contribution < -0.4 is 11.9 Å². The van der Waals surface area contributed by atoms with Gasteiger partial charge in [-0.1, -0.05) is 0 Å². The van der Waals surface area contributed by atoms with E-state index >= 15 is 0 Å². The second kappa shape index (κ2) is 7.19. The minimum atomic E-state index is -1.12. The molecule has 0 aliphatic rings. The lowest BCUT2D eigenvalue weighted by atomic mass is 10.3. The molecule has 0 heterocycles. The molecule has 0 fully saturated rings. The van der Waals surface area contributed by atoms with E-state index in [1.165, 1.54) is 0 Å². The molecule has 0 aromatic rings. The standard InChI is InChI=1S/C6H9NO5.H3N/c7-3-6(11)12-5(10)2-1-4(8)9;/h1-3,7H2,(H,8,9);1H3. The predicted molar refractivity (Wildman–Crippen MR) is 42.0 cm³/mol. The van der Waals surface area contributed by atoms with Crippen LogP contribution in [0.2, 0.25) is 0 Å². The van der Waals surface area contributed by atoms with Gasteiger partial charge >= 0.3 is 17.9 Å². The van der Waals surface area contributed by atoms with Gasteiger partial charge in [0.15, 0.2) is 0 Å². The first-order valence-corrected chi connectivity index (χ1v) is 3.21. The normalized spacial score (nSPS) is 8.38. The van der Waals surface area contributed by atoms with Gasteiger partial charge in [-0.15, -0.1) is 0 Å². The van der Waals surface area contributed by atoms with Crippen LogP contribution in [-0.4, -0.2) is 29.6 Å². The van der Waals surface area contributed by atoms with Crippen LogP contribution in [0.4, 0.5) is 0 Å². The highest BCUT2D eigenvalue weighted by molar-refractivity contribution is 5.87. The molecule has 0 saturated carbocycles. The number of rotatable bonds is 4. The molecule has 0 unspecified atom stereocenters. The number of ether oxygens (including phenoxy) is 1. The highest BCUT2D eigenvalue weighted by atomic mass is 16.6. The molecular formula is C6H12N2O5. The van der Waals surface area contributed by atoms with E-state index in [0.29, 0.717) is 0 Å². The van der Waals surface area contributed by atoms with E-state index in [-0.39, 0.29) is 19.0 Å². The van der Waals surface area contributed by atoms with Crippen molar-refractivity contribution in [2.75, 3.05) is 6.54 Å². The fourth-order valence-electron chi connectivity index (χ4n) is 0.429. The van der Waals surface area contributed by atoms with Crippen molar-refractivity contribution < 1.29 is 24.2 Å². The number of carboxylic acids is 1. The first kappa shape index (κ1) is 14.1. The molecule has 13 heavy (non-hydrogen) atoms. The summed E-state index contributed by atoms with van der Waals surface area (Å²) in [7, 11) is 0. The summed E-state index contributed by atoms with van der Waals surface area (Å²) >= 11 is 0. The van der Waals surface area contributed by atoms with Gasteiger partial charge in [-0.3, -0.25) is 14.4 Å². The number of hydrogen-bond acceptors (Lipinski definition) is 6. The van der Waals surface area contributed by atoms with Crippen molar-refractivity contribution in [2.45, 2.75) is 12.8 Å². The molecule has 0 radical (unpaired) electrons. The summed E-state index contributed by atoms with van der Waals surface area (Å²) in [6.45, 7) is -0.390. The SMILES string of the molecule is N.NCC(=O)OC(=O)CCC(=O)O. The van der Waals surface area contributed by atoms with Crippen molar-refractivity contribution >= 4 is 17.9 Å². The van der Waals surface area contributed by atoms with Crippen LogP contribution in [0.1, 0.15) is 12.8 Å². The monoisotopic (exact) mass is 192 g/mol. The van der Waals surface area contributed by atoms with Gasteiger partial charge in [-0.05, 0) is 0 Å². The summed E-state index contributed by atoms with van der Waals surface area (Å²) in [6.07, 6.45) is -0.669. The van der Waals surface area contributed by atoms with Gasteiger partial charge in [-0.25, -0.2) is 0 Å². The van der Waals surface area contributed by atoms with Gasteiger partial charge in [0.2, 0.25) is 0 Å². The van der Waals surface area contributed by atoms with Crippen molar-refractivity contribution in [2.24, 2.45) is 5.73 Å². The first-order valence-electron chi connectivity index (χ1n) is 3.21. The number of carbonyl (C=O) groups excluding carboxylic acids is 2. The Labute approximate surface area is 74.4 Å². The largest absolute Gasteiger partial charge is 0.481 e. The average molecular weight is 192 g/mol. The molecule has 7 heteroatoms. The zero-order valence-electron chi connectivity index (χ0n) is 6.99. The summed E-state index contributed by atoms with van der Waals surface area (Å²) in [5, 5.41) is 8.14. The number of nitrogens with two attached hydrogens (primary N) is 1. The molecular weight excluding hydrogens is 180 g/mol. The smallest absolute Gasteiger partial charge is 0.327 e. The van der Waals surface area contributed by atoms with Crippen LogP contribution in [0.3, 0.4) is 0 Å². The maximum absolute atomic E-state index is 10.6. The highest BCUT2D eigenvalue weighted by Gasteiger charge is 2.09. The van der Waals surface area contributed by atoms with E-state index in [4.69, 9.17) is 10.8 Å². The topological polar surface area (TPSA) is 142 Å². The third-order valence-electron chi connectivity index (χ3n) is 0.937. The van der Waals surface area contributed by atoms with Crippen molar-refractivity contribution in [1.82, 2.24) is 6.15 Å². The lowest BCUT2D eigenvalue weighted by molar-refractivity contribution is -0.160. The molecule has 0 aliphatic heterocycles. The summed E-state index contributed by atoms with van der Waals surface area (Å²) < 4.78 is 4.08. The molecule has 7 nitrogen and oxygen atoms in total. The fraction of sp³-hybridized carbons (Fsp3) is 0.500. The average Bonchev–Trinajstić information content (AvgIpc) is 2.00. The number of esters is 2. The zero-order valence-corrected chi connectivity index (χ0v) is 6.99. The quantitative estimate of drug-likeness (QED) is 0.384. The summed E-state index contributed by atoms with van der Waals surface area (Å²) in [5.41, 5.74) is 4.83. The van der Waals surface area contributed by atoms with Crippen LogP contribution in [0, 0.1) is 0 Å². The van der Waals surface area contributed by atoms with Gasteiger partial charge in [0.1, 0.15) is 0 Å². The molecule has 0 bridgehead atoms. The molecule has 0 saturated heterocycles. The fourth-order valence-corrected chi connectivity index (χ4v) is 0.429. The lowest BCUT2D eigenvalue weighted by Gasteiger charge is -1.98. The third-order valence-corrected chi connectivity index (χ3v) is 0.937. The predicted octanol–water partition coefficient (Wildman–Crippen LogP) is -0.958. The van der Waals surface area contributed by atoms with Crippen LogP contribution in [0.25, 0.3) is 0 Å². The minimum Gasteiger partial charge on any atom is -0.481 e. The maximum atomic E-state index is 10.6. The Morgan fingerprint density at radius 3 is 2.08 bits per heavy atom. The third kappa shape index (κ3) is 8.44. The Morgan fingerprint density at radius 1 is 1.15 bits per heavy atom. The van der Waals surface area contributed by atoms with E-state index in [0.717, 1.165) is 0 Å². The van der Waals surface area contributed by atoms with Crippen molar-refractivity contribution in [3.63, 3.8) is 0 Å². The minimum absolute atomic E-state index is 0. The molecule has 0 aromatic carbocycles. The van der Waals surface area contributed by atoms with E-state index < -0.39 is 24.5 Å². The van der Waals surface area contributed by atoms with E-state index in [1.807, 2.05) is 0 Å². The number of aliphatic carboxylic acids is 1. The van der Waals surface area contributed by atoms with E-state index in [2.05, 4.69) is 4.74 Å². The van der Waals surface area contributed by atoms with Crippen LogP contribution >= 0.6 is 0 Å². The second-order valence-electron chi connectivity index (χ2n) is 1.94. The Balaban J connectivity index is 0. The Morgan fingerprint density at radius 2 is 1.69 bits per heavy atom. The Kier molecular flexibility index (Phi) is 7.79. The van der Waals surface area contributed by atoms with Gasteiger partial charge in [0.25, 0.3) is 0 Å². The Bertz CT molecular complexity index is 203. The van der Waals surface area contributed by atoms with Crippen LogP contribution in [-0.2, 0) is 19.1 Å². The number of carbonyl (C=O) groups is 3. The molecule has 0 aliphatic carbocycles. The van der Waals surface area contributed by atoms with Gasteiger partial charge < -0.3 is 21.7 Å². The zero-order chi connectivity index (χ0) is 9.56.